The molecule has 0 radical (unpaired) electrons. The summed E-state index contributed by atoms with van der Waals surface area (Å²) in [4.78, 5) is 0.889. The summed E-state index contributed by atoms with van der Waals surface area (Å²) in [5.41, 5.74) is 1.22. The Labute approximate surface area is 71.1 Å². The van der Waals surface area contributed by atoms with Crippen molar-refractivity contribution >= 4 is 24.4 Å². The molecule has 0 bridgehead atoms. The van der Waals surface area contributed by atoms with Gasteiger partial charge in [-0.05, 0) is 19.1 Å². The monoisotopic (exact) mass is 176 g/mol. The molecule has 0 heterocycles. The maximum absolute atomic E-state index is 8.55. The first kappa shape index (κ1) is 9.82. The van der Waals surface area contributed by atoms with E-state index in [0.717, 1.165) is 16.9 Å². The maximum atomic E-state index is 8.55. The van der Waals surface area contributed by atoms with Gasteiger partial charge in [-0.3, -0.25) is 0 Å². The molecule has 0 amide bonds. The second-order valence-corrected chi connectivity index (χ2v) is 2.56. The molecule has 1 rings (SSSR count). The average Bonchev–Trinajstić information content (AvgIpc) is 1.90. The van der Waals surface area contributed by atoms with Crippen LogP contribution in [-0.2, 0) is 0 Å². The molecule has 10 heavy (non-hydrogen) atoms. The summed E-state index contributed by atoms with van der Waals surface area (Å²) >= 11 is 0.777. The Kier molecular flexibility index (Phi) is 4.52. The molecule has 0 saturated heterocycles. The van der Waals surface area contributed by atoms with Gasteiger partial charge in [0.25, 0.3) is 0 Å². The normalized spacial score (nSPS) is 8.60. The van der Waals surface area contributed by atoms with Crippen molar-refractivity contribution in [2.45, 2.75) is 11.8 Å². The van der Waals surface area contributed by atoms with E-state index in [4.69, 9.17) is 4.55 Å². The first-order valence-electron chi connectivity index (χ1n) is 2.71. The Morgan fingerprint density at radius 2 is 1.70 bits per heavy atom. The lowest BCUT2D eigenvalue weighted by molar-refractivity contribution is 0.664. The molecule has 0 aliphatic heterocycles. The summed E-state index contributed by atoms with van der Waals surface area (Å²) in [6, 6.07) is 7.72. The fourth-order valence-electron chi connectivity index (χ4n) is 0.599. The van der Waals surface area contributed by atoms with Crippen LogP contribution >= 0.6 is 24.4 Å². The van der Waals surface area contributed by atoms with Crippen LogP contribution in [0.1, 0.15) is 5.56 Å². The van der Waals surface area contributed by atoms with E-state index in [9.17, 15) is 0 Å². The van der Waals surface area contributed by atoms with Gasteiger partial charge in [0.1, 0.15) is 0 Å². The number of halogens is 1. The summed E-state index contributed by atoms with van der Waals surface area (Å²) in [7, 11) is 0. The number of benzene rings is 1. The SMILES string of the molecule is Cc1ccc(SO)cc1.Cl. The van der Waals surface area contributed by atoms with Crippen LogP contribution in [0.15, 0.2) is 29.2 Å². The summed E-state index contributed by atoms with van der Waals surface area (Å²) in [6.45, 7) is 2.02. The van der Waals surface area contributed by atoms with Crippen LogP contribution < -0.4 is 0 Å². The van der Waals surface area contributed by atoms with E-state index in [1.165, 1.54) is 5.56 Å². The van der Waals surface area contributed by atoms with Crippen molar-refractivity contribution in [2.24, 2.45) is 0 Å². The van der Waals surface area contributed by atoms with Gasteiger partial charge in [-0.1, -0.05) is 17.7 Å². The van der Waals surface area contributed by atoms with Crippen molar-refractivity contribution < 1.29 is 4.55 Å². The molecule has 0 fully saturated rings. The zero-order valence-electron chi connectivity index (χ0n) is 5.57. The minimum atomic E-state index is 0. The third-order valence-electron chi connectivity index (χ3n) is 1.13. The van der Waals surface area contributed by atoms with Gasteiger partial charge >= 0.3 is 0 Å². The number of hydrogen-bond acceptors (Lipinski definition) is 2. The van der Waals surface area contributed by atoms with E-state index in [1.54, 1.807) is 0 Å². The van der Waals surface area contributed by atoms with Gasteiger partial charge in [-0.2, -0.15) is 0 Å². The summed E-state index contributed by atoms with van der Waals surface area (Å²) in [5.74, 6) is 0. The first-order valence-corrected chi connectivity index (χ1v) is 3.48. The van der Waals surface area contributed by atoms with E-state index in [0.29, 0.717) is 0 Å². The lowest BCUT2D eigenvalue weighted by Gasteiger charge is -1.92. The van der Waals surface area contributed by atoms with Gasteiger partial charge < -0.3 is 4.55 Å². The van der Waals surface area contributed by atoms with Gasteiger partial charge in [0.15, 0.2) is 0 Å². The van der Waals surface area contributed by atoms with Gasteiger partial charge in [0.05, 0.1) is 0 Å². The minimum absolute atomic E-state index is 0. The van der Waals surface area contributed by atoms with E-state index in [1.807, 2.05) is 31.2 Å². The first-order chi connectivity index (χ1) is 4.33. The summed E-state index contributed by atoms with van der Waals surface area (Å²) in [6.07, 6.45) is 0. The van der Waals surface area contributed by atoms with E-state index in [-0.39, 0.29) is 12.4 Å². The molecule has 0 saturated carbocycles. The molecule has 1 N–H and O–H groups in total. The molecule has 0 atom stereocenters. The van der Waals surface area contributed by atoms with Crippen LogP contribution in [-0.4, -0.2) is 4.55 Å². The molecule has 0 aliphatic carbocycles. The van der Waals surface area contributed by atoms with Crippen molar-refractivity contribution in [1.29, 1.82) is 0 Å². The molecule has 3 heteroatoms. The lowest BCUT2D eigenvalue weighted by atomic mass is 10.2. The largest absolute Gasteiger partial charge is 0.325 e. The fraction of sp³-hybridized carbons (Fsp3) is 0.143. The maximum Gasteiger partial charge on any atom is 0.0350 e. The molecule has 1 nitrogen and oxygen atoms in total. The Morgan fingerprint density at radius 3 is 2.10 bits per heavy atom. The van der Waals surface area contributed by atoms with Crippen LogP contribution in [0.3, 0.4) is 0 Å². The zero-order chi connectivity index (χ0) is 6.69. The van der Waals surface area contributed by atoms with E-state index < -0.39 is 0 Å². The molecule has 0 spiro atoms. The quantitative estimate of drug-likeness (QED) is 0.664. The Hall–Kier alpha value is -0.180. The van der Waals surface area contributed by atoms with Crippen molar-refractivity contribution in [3.05, 3.63) is 29.8 Å². The Bertz CT molecular complexity index is 185. The summed E-state index contributed by atoms with van der Waals surface area (Å²) in [5, 5.41) is 0. The standard InChI is InChI=1S/C7H8OS.ClH/c1-6-2-4-7(9-8)5-3-6;/h2-5,8H,1H3;1H. The van der Waals surface area contributed by atoms with Gasteiger partial charge in [-0.25, -0.2) is 0 Å². The lowest BCUT2D eigenvalue weighted by Crippen LogP contribution is -1.70. The van der Waals surface area contributed by atoms with Crippen LogP contribution in [0.2, 0.25) is 0 Å². The highest BCUT2D eigenvalue weighted by Crippen LogP contribution is 2.13. The highest BCUT2D eigenvalue weighted by molar-refractivity contribution is 7.93. The van der Waals surface area contributed by atoms with Crippen molar-refractivity contribution in [2.75, 3.05) is 0 Å². The summed E-state index contributed by atoms with van der Waals surface area (Å²) < 4.78 is 8.55. The van der Waals surface area contributed by atoms with Crippen molar-refractivity contribution in [3.8, 4) is 0 Å². The van der Waals surface area contributed by atoms with Crippen molar-refractivity contribution in [3.63, 3.8) is 0 Å². The van der Waals surface area contributed by atoms with Gasteiger partial charge in [0.2, 0.25) is 0 Å². The fourth-order valence-corrected chi connectivity index (χ4v) is 0.857. The second kappa shape index (κ2) is 4.61. The minimum Gasteiger partial charge on any atom is -0.325 e. The molecular weight excluding hydrogens is 168 g/mol. The molecular formula is C7H9ClOS. The van der Waals surface area contributed by atoms with Crippen LogP contribution in [0.5, 0.6) is 0 Å². The number of rotatable bonds is 1. The van der Waals surface area contributed by atoms with Crippen LogP contribution in [0.25, 0.3) is 0 Å². The average molecular weight is 177 g/mol. The Morgan fingerprint density at radius 1 is 1.20 bits per heavy atom. The molecule has 0 unspecified atom stereocenters. The molecule has 56 valence electrons. The Balaban J connectivity index is 0.000000810. The third-order valence-corrected chi connectivity index (χ3v) is 1.61. The van der Waals surface area contributed by atoms with Crippen molar-refractivity contribution in [1.82, 2.24) is 0 Å². The van der Waals surface area contributed by atoms with Gasteiger partial charge in [0, 0.05) is 16.9 Å². The molecule has 0 aromatic heterocycles. The predicted octanol–water partition coefficient (Wildman–Crippen LogP) is 2.98. The topological polar surface area (TPSA) is 20.2 Å². The number of aryl methyl sites for hydroxylation is 1. The predicted molar refractivity (Wildman–Crippen MR) is 46.9 cm³/mol. The molecule has 1 aromatic rings. The van der Waals surface area contributed by atoms with Gasteiger partial charge in [-0.15, -0.1) is 12.4 Å². The smallest absolute Gasteiger partial charge is 0.0350 e. The molecule has 0 aliphatic rings. The second-order valence-electron chi connectivity index (χ2n) is 1.90. The highest BCUT2D eigenvalue weighted by Gasteiger charge is 1.87. The third kappa shape index (κ3) is 2.60. The van der Waals surface area contributed by atoms with E-state index >= 15 is 0 Å². The highest BCUT2D eigenvalue weighted by atomic mass is 35.5. The molecule has 1 aromatic carbocycles. The van der Waals surface area contributed by atoms with Crippen LogP contribution in [0.4, 0.5) is 0 Å². The zero-order valence-corrected chi connectivity index (χ0v) is 7.21. The number of hydrogen-bond donors (Lipinski definition) is 1. The van der Waals surface area contributed by atoms with Crippen LogP contribution in [0, 0.1) is 6.92 Å². The van der Waals surface area contributed by atoms with E-state index in [2.05, 4.69) is 0 Å².